The van der Waals surface area contributed by atoms with E-state index < -0.39 is 0 Å². The van der Waals surface area contributed by atoms with Gasteiger partial charge in [-0.2, -0.15) is 0 Å². The number of nitrogens with zero attached hydrogens (tertiary/aromatic N) is 2. The van der Waals surface area contributed by atoms with Crippen molar-refractivity contribution in [3.8, 4) is 0 Å². The molecule has 0 saturated heterocycles. The van der Waals surface area contributed by atoms with Gasteiger partial charge in [0.2, 0.25) is 0 Å². The molecule has 0 saturated carbocycles. The van der Waals surface area contributed by atoms with Crippen molar-refractivity contribution in [2.24, 2.45) is 4.99 Å². The van der Waals surface area contributed by atoms with Gasteiger partial charge in [0.1, 0.15) is 0 Å². The fourth-order valence-electron chi connectivity index (χ4n) is 4.19. The highest BCUT2D eigenvalue weighted by Gasteiger charge is 2.13. The van der Waals surface area contributed by atoms with Gasteiger partial charge in [-0.05, 0) is 68.0 Å². The number of hydrogen-bond donors (Lipinski definition) is 0. The van der Waals surface area contributed by atoms with Gasteiger partial charge in [0.25, 0.3) is 0 Å². The average Bonchev–Trinajstić information content (AvgIpc) is 3.21. The van der Waals surface area contributed by atoms with E-state index >= 15 is 0 Å². The molecule has 0 fully saturated rings. The first-order valence-electron chi connectivity index (χ1n) is 12.2. The van der Waals surface area contributed by atoms with Gasteiger partial charge in [-0.15, -0.1) is 0 Å². The lowest BCUT2D eigenvalue weighted by Crippen LogP contribution is -2.09. The number of ether oxygens (including phenoxy) is 2. The maximum Gasteiger partial charge on any atom is 0.338 e. The average molecular weight is 483 g/mol. The van der Waals surface area contributed by atoms with E-state index in [9.17, 15) is 9.59 Å². The molecule has 0 spiro atoms. The number of carbonyl (C=O) groups excluding carboxylic acids is 2. The van der Waals surface area contributed by atoms with Crippen LogP contribution in [0.2, 0.25) is 0 Å². The summed E-state index contributed by atoms with van der Waals surface area (Å²) in [6.45, 7) is 8.49. The molecule has 4 rings (SSSR count). The molecule has 0 unspecified atom stereocenters. The minimum absolute atomic E-state index is 0.190. The summed E-state index contributed by atoms with van der Waals surface area (Å²) in [6, 6.07) is 21.3. The van der Waals surface area contributed by atoms with E-state index in [0.717, 1.165) is 23.0 Å². The molecular weight excluding hydrogens is 452 g/mol. The van der Waals surface area contributed by atoms with E-state index in [4.69, 9.17) is 9.47 Å². The van der Waals surface area contributed by atoms with E-state index in [1.807, 2.05) is 25.1 Å². The number of aryl methyl sites for hydroxylation is 1. The van der Waals surface area contributed by atoms with Crippen LogP contribution < -0.4 is 0 Å². The molecular formula is C30H30N2O4. The molecule has 3 aromatic carbocycles. The van der Waals surface area contributed by atoms with E-state index in [1.165, 1.54) is 17.8 Å². The topological polar surface area (TPSA) is 69.9 Å². The fourth-order valence-corrected chi connectivity index (χ4v) is 4.19. The number of aliphatic imine (C=N–C) groups is 1. The van der Waals surface area contributed by atoms with Crippen molar-refractivity contribution in [3.05, 3.63) is 83.6 Å². The Morgan fingerprint density at radius 2 is 1.64 bits per heavy atom. The van der Waals surface area contributed by atoms with Crippen LogP contribution in [0.1, 0.15) is 50.0 Å². The third-order valence-electron chi connectivity index (χ3n) is 5.92. The van der Waals surface area contributed by atoms with Crippen LogP contribution >= 0.6 is 0 Å². The fraction of sp³-hybridized carbons (Fsp3) is 0.233. The SMILES string of the molecule is CCOC(=O)c1ccc(N=C(CC)O/C(=C/c2ccc3c(c2)c2ccccc2n3CC)C(C)=O)cc1. The highest BCUT2D eigenvalue weighted by Crippen LogP contribution is 2.30. The number of esters is 1. The van der Waals surface area contributed by atoms with Crippen LogP contribution in [0.3, 0.4) is 0 Å². The monoisotopic (exact) mass is 482 g/mol. The van der Waals surface area contributed by atoms with Crippen LogP contribution in [0.5, 0.6) is 0 Å². The van der Waals surface area contributed by atoms with Crippen molar-refractivity contribution in [1.82, 2.24) is 4.57 Å². The third-order valence-corrected chi connectivity index (χ3v) is 5.92. The highest BCUT2D eigenvalue weighted by atomic mass is 16.5. The van der Waals surface area contributed by atoms with Gasteiger partial charge < -0.3 is 14.0 Å². The minimum atomic E-state index is -0.374. The van der Waals surface area contributed by atoms with Gasteiger partial charge in [0, 0.05) is 41.7 Å². The van der Waals surface area contributed by atoms with Crippen LogP contribution in [0, 0.1) is 0 Å². The second kappa shape index (κ2) is 11.0. The Labute approximate surface area is 210 Å². The zero-order valence-corrected chi connectivity index (χ0v) is 21.1. The summed E-state index contributed by atoms with van der Waals surface area (Å²) in [7, 11) is 0. The number of allylic oxidation sites excluding steroid dienone is 1. The predicted octanol–water partition coefficient (Wildman–Crippen LogP) is 7.08. The Kier molecular flexibility index (Phi) is 7.64. The number of hydrogen-bond acceptors (Lipinski definition) is 5. The number of aromatic nitrogens is 1. The van der Waals surface area contributed by atoms with Crippen LogP contribution in [-0.4, -0.2) is 28.8 Å². The smallest absolute Gasteiger partial charge is 0.338 e. The number of rotatable bonds is 8. The lowest BCUT2D eigenvalue weighted by molar-refractivity contribution is -0.115. The largest absolute Gasteiger partial charge is 0.462 e. The Bertz CT molecular complexity index is 1480. The van der Waals surface area contributed by atoms with Crippen molar-refractivity contribution in [2.45, 2.75) is 40.7 Å². The maximum absolute atomic E-state index is 12.5. The van der Waals surface area contributed by atoms with Crippen molar-refractivity contribution in [1.29, 1.82) is 0 Å². The van der Waals surface area contributed by atoms with Crippen LogP contribution in [0.4, 0.5) is 5.69 Å². The number of ketones is 1. The molecule has 6 heteroatoms. The minimum Gasteiger partial charge on any atom is -0.462 e. The lowest BCUT2D eigenvalue weighted by Gasteiger charge is -2.10. The summed E-state index contributed by atoms with van der Waals surface area (Å²) in [6.07, 6.45) is 2.25. The summed E-state index contributed by atoms with van der Waals surface area (Å²) in [5.41, 5.74) is 4.30. The van der Waals surface area contributed by atoms with Gasteiger partial charge in [-0.3, -0.25) is 4.79 Å². The number of Topliss-reactive ketones (excluding diaryl/α,β-unsaturated/α-hetero) is 1. The molecule has 1 aromatic heterocycles. The molecule has 4 aromatic rings. The summed E-state index contributed by atoms with van der Waals surface area (Å²) >= 11 is 0. The second-order valence-electron chi connectivity index (χ2n) is 8.33. The molecule has 36 heavy (non-hydrogen) atoms. The molecule has 0 aliphatic heterocycles. The highest BCUT2D eigenvalue weighted by molar-refractivity contribution is 6.09. The van der Waals surface area contributed by atoms with Crippen molar-refractivity contribution in [2.75, 3.05) is 6.61 Å². The zero-order chi connectivity index (χ0) is 25.7. The van der Waals surface area contributed by atoms with Crippen molar-refractivity contribution >= 4 is 51.2 Å². The summed E-state index contributed by atoms with van der Waals surface area (Å²) in [5.74, 6) is 0.0621. The maximum atomic E-state index is 12.5. The molecule has 6 nitrogen and oxygen atoms in total. The Morgan fingerprint density at radius 3 is 2.31 bits per heavy atom. The van der Waals surface area contributed by atoms with E-state index in [2.05, 4.69) is 40.7 Å². The molecule has 0 atom stereocenters. The number of carbonyl (C=O) groups is 2. The number of fused-ring (bicyclic) bond motifs is 3. The van der Waals surface area contributed by atoms with E-state index in [1.54, 1.807) is 37.3 Å². The normalized spacial score (nSPS) is 12.2. The first-order valence-corrected chi connectivity index (χ1v) is 12.2. The summed E-state index contributed by atoms with van der Waals surface area (Å²) in [4.78, 5) is 28.9. The number of para-hydroxylation sites is 1. The van der Waals surface area contributed by atoms with Gasteiger partial charge >= 0.3 is 5.97 Å². The Morgan fingerprint density at radius 1 is 0.917 bits per heavy atom. The standard InChI is InChI=1S/C30H30N2O4/c1-5-29(31-23-15-13-22(14-16-23)30(34)35-7-3)36-28(20(4)33)19-21-12-17-27-25(18-21)24-10-8-9-11-26(24)32(27)6-2/h8-19H,5-7H2,1-4H3/b28-19+,31-29?. The second-order valence-corrected chi connectivity index (χ2v) is 8.33. The van der Waals surface area contributed by atoms with E-state index in [0.29, 0.717) is 30.2 Å². The summed E-state index contributed by atoms with van der Waals surface area (Å²) < 4.78 is 13.3. The van der Waals surface area contributed by atoms with Gasteiger partial charge in [0.05, 0.1) is 17.9 Å². The zero-order valence-electron chi connectivity index (χ0n) is 21.1. The molecule has 0 N–H and O–H groups in total. The number of benzene rings is 3. The van der Waals surface area contributed by atoms with Crippen LogP contribution in [0.15, 0.2) is 77.5 Å². The van der Waals surface area contributed by atoms with Crippen LogP contribution in [-0.2, 0) is 20.8 Å². The van der Waals surface area contributed by atoms with Gasteiger partial charge in [-0.1, -0.05) is 31.2 Å². The lowest BCUT2D eigenvalue weighted by atomic mass is 10.1. The molecule has 0 aliphatic rings. The molecule has 0 radical (unpaired) electrons. The quantitative estimate of drug-likeness (QED) is 0.0885. The Hall–Kier alpha value is -4.19. The van der Waals surface area contributed by atoms with E-state index in [-0.39, 0.29) is 17.5 Å². The molecule has 0 bridgehead atoms. The molecule has 1 heterocycles. The predicted molar refractivity (Wildman–Crippen MR) is 145 cm³/mol. The third kappa shape index (κ3) is 5.23. The molecule has 0 aliphatic carbocycles. The summed E-state index contributed by atoms with van der Waals surface area (Å²) in [5, 5.41) is 2.31. The first kappa shape index (κ1) is 24.9. The van der Waals surface area contributed by atoms with Gasteiger partial charge in [-0.25, -0.2) is 9.79 Å². The molecule has 184 valence electrons. The van der Waals surface area contributed by atoms with Crippen LogP contribution in [0.25, 0.3) is 27.9 Å². The van der Waals surface area contributed by atoms with Crippen molar-refractivity contribution in [3.63, 3.8) is 0 Å². The van der Waals surface area contributed by atoms with Crippen molar-refractivity contribution < 1.29 is 19.1 Å². The van der Waals surface area contributed by atoms with Gasteiger partial charge in [0.15, 0.2) is 17.4 Å². The Balaban J connectivity index is 1.64. The molecule has 0 amide bonds. The first-order chi connectivity index (χ1) is 17.4.